The molecular weight excluding hydrogens is 283 g/mol. The van der Waals surface area contributed by atoms with E-state index in [0.29, 0.717) is 0 Å². The lowest BCUT2D eigenvalue weighted by molar-refractivity contribution is -0.137. The highest BCUT2D eigenvalue weighted by atomic mass is 19.4. The van der Waals surface area contributed by atoms with Crippen LogP contribution in [0.2, 0.25) is 0 Å². The van der Waals surface area contributed by atoms with Gasteiger partial charge in [-0.25, -0.2) is 0 Å². The first-order chi connectivity index (χ1) is 9.90. The average Bonchev–Trinajstić information content (AvgIpc) is 2.45. The van der Waals surface area contributed by atoms with Crippen molar-refractivity contribution in [2.24, 2.45) is 10.2 Å². The molecule has 0 aromatic heterocycles. The summed E-state index contributed by atoms with van der Waals surface area (Å²) in [6.45, 7) is 0. The average molecular weight is 291 g/mol. The highest BCUT2D eigenvalue weighted by Gasteiger charge is 2.30. The van der Waals surface area contributed by atoms with Crippen molar-refractivity contribution in [3.8, 4) is 11.8 Å². The number of benzene rings is 2. The van der Waals surface area contributed by atoms with Crippen LogP contribution in [-0.2, 0) is 6.18 Å². The number of hydrogen-bond donors (Lipinski definition) is 1. The van der Waals surface area contributed by atoms with Crippen LogP contribution in [0.25, 0.3) is 0 Å². The molecule has 0 spiro atoms. The van der Waals surface area contributed by atoms with Gasteiger partial charge in [-0.05, 0) is 36.4 Å². The fraction of sp³-hybridized carbons (Fsp3) is 0.0714. The molecule has 0 heterocycles. The van der Waals surface area contributed by atoms with Gasteiger partial charge in [0.25, 0.3) is 0 Å². The van der Waals surface area contributed by atoms with Gasteiger partial charge in [0.15, 0.2) is 0 Å². The Morgan fingerprint density at radius 3 is 2.48 bits per heavy atom. The first-order valence-corrected chi connectivity index (χ1v) is 5.72. The first-order valence-electron chi connectivity index (χ1n) is 5.72. The minimum Gasteiger partial charge on any atom is -0.508 e. The van der Waals surface area contributed by atoms with Crippen molar-refractivity contribution in [1.82, 2.24) is 0 Å². The predicted octanol–water partition coefficient (Wildman–Crippen LogP) is 4.70. The van der Waals surface area contributed by atoms with Gasteiger partial charge in [-0.15, -0.1) is 5.11 Å². The molecule has 2 aromatic carbocycles. The largest absolute Gasteiger partial charge is 0.508 e. The molecule has 0 atom stereocenters. The standard InChI is InChI=1S/C14H8F3N3O/c15-14(16,17)10-2-1-3-11(7-10)19-20-13-5-4-12(21)6-9(13)8-18/h1-7,21H/b20-19+. The van der Waals surface area contributed by atoms with Crippen LogP contribution >= 0.6 is 0 Å². The van der Waals surface area contributed by atoms with E-state index in [1.165, 1.54) is 30.3 Å². The summed E-state index contributed by atoms with van der Waals surface area (Å²) >= 11 is 0. The zero-order valence-electron chi connectivity index (χ0n) is 10.5. The second-order valence-electron chi connectivity index (χ2n) is 4.06. The van der Waals surface area contributed by atoms with E-state index < -0.39 is 11.7 Å². The first kappa shape index (κ1) is 14.5. The minimum atomic E-state index is -4.46. The van der Waals surface area contributed by atoms with Crippen LogP contribution in [0.3, 0.4) is 0 Å². The van der Waals surface area contributed by atoms with E-state index in [4.69, 9.17) is 5.26 Å². The molecule has 0 aliphatic carbocycles. The van der Waals surface area contributed by atoms with Crippen LogP contribution in [0.5, 0.6) is 5.75 Å². The molecule has 0 saturated carbocycles. The van der Waals surface area contributed by atoms with Crippen LogP contribution in [0.15, 0.2) is 52.7 Å². The second kappa shape index (κ2) is 5.63. The smallest absolute Gasteiger partial charge is 0.416 e. The van der Waals surface area contributed by atoms with Crippen LogP contribution in [0.4, 0.5) is 24.5 Å². The number of rotatable bonds is 2. The van der Waals surface area contributed by atoms with E-state index in [9.17, 15) is 18.3 Å². The van der Waals surface area contributed by atoms with E-state index in [2.05, 4.69) is 10.2 Å². The van der Waals surface area contributed by atoms with Gasteiger partial charge >= 0.3 is 6.18 Å². The summed E-state index contributed by atoms with van der Waals surface area (Å²) in [5, 5.41) is 25.5. The molecule has 4 nitrogen and oxygen atoms in total. The van der Waals surface area contributed by atoms with Crippen LogP contribution in [0.1, 0.15) is 11.1 Å². The van der Waals surface area contributed by atoms with Gasteiger partial charge in [-0.1, -0.05) is 6.07 Å². The number of nitrogens with zero attached hydrogens (tertiary/aromatic N) is 3. The number of azo groups is 1. The number of alkyl halides is 3. The quantitative estimate of drug-likeness (QED) is 0.815. The highest BCUT2D eigenvalue weighted by molar-refractivity contribution is 5.56. The van der Waals surface area contributed by atoms with E-state index >= 15 is 0 Å². The Kier molecular flexibility index (Phi) is 3.89. The third-order valence-corrected chi connectivity index (χ3v) is 2.55. The van der Waals surface area contributed by atoms with E-state index in [-0.39, 0.29) is 22.7 Å². The minimum absolute atomic E-state index is 0.0155. The zero-order valence-corrected chi connectivity index (χ0v) is 10.5. The SMILES string of the molecule is N#Cc1cc(O)ccc1/N=N/c1cccc(C(F)(F)F)c1. The maximum atomic E-state index is 12.6. The summed E-state index contributed by atoms with van der Waals surface area (Å²) < 4.78 is 37.7. The second-order valence-corrected chi connectivity index (χ2v) is 4.06. The summed E-state index contributed by atoms with van der Waals surface area (Å²) in [5.74, 6) is -0.107. The van der Waals surface area contributed by atoms with Crippen molar-refractivity contribution in [3.05, 3.63) is 53.6 Å². The number of nitriles is 1. The molecule has 0 amide bonds. The lowest BCUT2D eigenvalue weighted by Gasteiger charge is -2.06. The van der Waals surface area contributed by atoms with Crippen molar-refractivity contribution >= 4 is 11.4 Å². The van der Waals surface area contributed by atoms with Gasteiger partial charge in [-0.2, -0.15) is 23.5 Å². The topological polar surface area (TPSA) is 68.7 Å². The van der Waals surface area contributed by atoms with Crippen molar-refractivity contribution in [2.75, 3.05) is 0 Å². The molecule has 0 bridgehead atoms. The van der Waals surface area contributed by atoms with E-state index in [1.807, 2.05) is 6.07 Å². The number of aromatic hydroxyl groups is 1. The molecule has 0 aliphatic heterocycles. The number of hydrogen-bond acceptors (Lipinski definition) is 4. The van der Waals surface area contributed by atoms with Crippen molar-refractivity contribution in [1.29, 1.82) is 5.26 Å². The maximum Gasteiger partial charge on any atom is 0.416 e. The van der Waals surface area contributed by atoms with Crippen LogP contribution in [-0.4, -0.2) is 5.11 Å². The summed E-state index contributed by atoms with van der Waals surface area (Å²) in [4.78, 5) is 0. The Balaban J connectivity index is 2.33. The highest BCUT2D eigenvalue weighted by Crippen LogP contribution is 2.32. The number of phenols is 1. The third kappa shape index (κ3) is 3.57. The van der Waals surface area contributed by atoms with Crippen molar-refractivity contribution < 1.29 is 18.3 Å². The molecule has 0 aliphatic rings. The van der Waals surface area contributed by atoms with Crippen LogP contribution < -0.4 is 0 Å². The fourth-order valence-corrected chi connectivity index (χ4v) is 1.56. The summed E-state index contributed by atoms with van der Waals surface area (Å²) in [5.41, 5.74) is -0.578. The molecule has 0 saturated heterocycles. The van der Waals surface area contributed by atoms with Gasteiger partial charge < -0.3 is 5.11 Å². The molecule has 0 fully saturated rings. The Hall–Kier alpha value is -2.88. The maximum absolute atomic E-state index is 12.6. The lowest BCUT2D eigenvalue weighted by Crippen LogP contribution is -2.03. The summed E-state index contributed by atoms with van der Waals surface area (Å²) in [6.07, 6.45) is -4.46. The van der Waals surface area contributed by atoms with E-state index in [1.54, 1.807) is 0 Å². The van der Waals surface area contributed by atoms with Gasteiger partial charge in [0, 0.05) is 0 Å². The normalized spacial score (nSPS) is 11.5. The predicted molar refractivity (Wildman–Crippen MR) is 68.4 cm³/mol. The molecular formula is C14H8F3N3O. The van der Waals surface area contributed by atoms with Crippen LogP contribution in [0, 0.1) is 11.3 Å². The van der Waals surface area contributed by atoms with Crippen molar-refractivity contribution in [2.45, 2.75) is 6.18 Å². The lowest BCUT2D eigenvalue weighted by atomic mass is 10.2. The van der Waals surface area contributed by atoms with Crippen molar-refractivity contribution in [3.63, 3.8) is 0 Å². The number of halogens is 3. The van der Waals surface area contributed by atoms with E-state index in [0.717, 1.165) is 12.1 Å². The molecule has 0 radical (unpaired) electrons. The summed E-state index contributed by atoms with van der Waals surface area (Å²) in [6, 6.07) is 10.0. The molecule has 21 heavy (non-hydrogen) atoms. The molecule has 2 aromatic rings. The summed E-state index contributed by atoms with van der Waals surface area (Å²) in [7, 11) is 0. The fourth-order valence-electron chi connectivity index (χ4n) is 1.56. The van der Waals surface area contributed by atoms with Gasteiger partial charge in [0.1, 0.15) is 17.5 Å². The Bertz CT molecular complexity index is 733. The Morgan fingerprint density at radius 2 is 1.81 bits per heavy atom. The Morgan fingerprint density at radius 1 is 1.05 bits per heavy atom. The third-order valence-electron chi connectivity index (χ3n) is 2.55. The molecule has 0 unspecified atom stereocenters. The number of phenolic OH excluding ortho intramolecular Hbond substituents is 1. The van der Waals surface area contributed by atoms with Gasteiger partial charge in [-0.3, -0.25) is 0 Å². The molecule has 1 N–H and O–H groups in total. The van der Waals surface area contributed by atoms with Gasteiger partial charge in [0.2, 0.25) is 0 Å². The molecule has 2 rings (SSSR count). The monoisotopic (exact) mass is 291 g/mol. The molecule has 106 valence electrons. The molecule has 7 heteroatoms. The zero-order chi connectivity index (χ0) is 15.5. The Labute approximate surface area is 117 Å². The van der Waals surface area contributed by atoms with Gasteiger partial charge in [0.05, 0.1) is 16.8 Å².